The van der Waals surface area contributed by atoms with Gasteiger partial charge in [-0.1, -0.05) is 22.9 Å². The van der Waals surface area contributed by atoms with Crippen molar-refractivity contribution in [2.75, 3.05) is 6.61 Å². The maximum Gasteiger partial charge on any atom is 0.264 e. The molecule has 0 bridgehead atoms. The summed E-state index contributed by atoms with van der Waals surface area (Å²) in [5.41, 5.74) is 3.95. The fourth-order valence-electron chi connectivity index (χ4n) is 3.63. The lowest BCUT2D eigenvalue weighted by Crippen LogP contribution is -2.21. The molecule has 0 fully saturated rings. The standard InChI is InChI=1S/C23H18ClN5O2/c1-3-31-21-11-5-15-12-18(14-4-10-19-20(13-14)28(2)27-26-19)23(30)29(22(15)25-21)17-8-6-16(24)7-9-17/h4-13H,3H2,1-2H3. The summed E-state index contributed by atoms with van der Waals surface area (Å²) in [5.74, 6) is 0.465. The van der Waals surface area contributed by atoms with Crippen LogP contribution in [0.2, 0.25) is 5.02 Å². The second-order valence-corrected chi connectivity index (χ2v) is 7.52. The van der Waals surface area contributed by atoms with E-state index in [4.69, 9.17) is 16.3 Å². The third-order valence-corrected chi connectivity index (χ3v) is 5.38. The zero-order valence-electron chi connectivity index (χ0n) is 16.9. The molecule has 31 heavy (non-hydrogen) atoms. The zero-order chi connectivity index (χ0) is 21.5. The van der Waals surface area contributed by atoms with Gasteiger partial charge < -0.3 is 4.74 Å². The second kappa shape index (κ2) is 7.52. The molecule has 5 rings (SSSR count). The van der Waals surface area contributed by atoms with E-state index in [1.54, 1.807) is 39.6 Å². The van der Waals surface area contributed by atoms with Gasteiger partial charge in [-0.2, -0.15) is 4.98 Å². The van der Waals surface area contributed by atoms with Crippen LogP contribution in [0.4, 0.5) is 0 Å². The number of hydrogen-bond acceptors (Lipinski definition) is 5. The van der Waals surface area contributed by atoms with Gasteiger partial charge >= 0.3 is 0 Å². The van der Waals surface area contributed by atoms with Crippen LogP contribution >= 0.6 is 11.6 Å². The van der Waals surface area contributed by atoms with E-state index in [0.29, 0.717) is 34.4 Å². The summed E-state index contributed by atoms with van der Waals surface area (Å²) in [7, 11) is 1.82. The minimum absolute atomic E-state index is 0.189. The number of aromatic nitrogens is 5. The molecule has 7 nitrogen and oxygen atoms in total. The molecule has 0 amide bonds. The minimum atomic E-state index is -0.189. The molecule has 0 aliphatic rings. The van der Waals surface area contributed by atoms with Gasteiger partial charge in [0, 0.05) is 29.1 Å². The Labute approximate surface area is 182 Å². The minimum Gasteiger partial charge on any atom is -0.478 e. The normalized spacial score (nSPS) is 11.3. The van der Waals surface area contributed by atoms with E-state index in [9.17, 15) is 4.79 Å². The molecule has 0 saturated heterocycles. The highest BCUT2D eigenvalue weighted by Crippen LogP contribution is 2.26. The Morgan fingerprint density at radius 2 is 1.84 bits per heavy atom. The number of aryl methyl sites for hydroxylation is 1. The molecule has 0 unspecified atom stereocenters. The predicted octanol–water partition coefficient (Wildman–Crippen LogP) is 4.39. The molecule has 154 valence electrons. The summed E-state index contributed by atoms with van der Waals surface area (Å²) in [6, 6.07) is 18.4. The average molecular weight is 432 g/mol. The molecule has 3 aromatic heterocycles. The lowest BCUT2D eigenvalue weighted by atomic mass is 10.0. The van der Waals surface area contributed by atoms with E-state index in [2.05, 4.69) is 15.3 Å². The molecule has 5 aromatic rings. The van der Waals surface area contributed by atoms with Gasteiger partial charge in [0.05, 0.1) is 17.8 Å². The average Bonchev–Trinajstić information content (AvgIpc) is 3.15. The third kappa shape index (κ3) is 3.33. The van der Waals surface area contributed by atoms with E-state index < -0.39 is 0 Å². The van der Waals surface area contributed by atoms with Crippen LogP contribution in [0.25, 0.3) is 38.9 Å². The van der Waals surface area contributed by atoms with Gasteiger partial charge in [0.2, 0.25) is 5.88 Å². The Balaban J connectivity index is 1.82. The topological polar surface area (TPSA) is 74.8 Å². The van der Waals surface area contributed by atoms with Crippen LogP contribution in [0.3, 0.4) is 0 Å². The molecular formula is C23H18ClN5O2. The molecule has 0 aliphatic heterocycles. The number of hydrogen-bond donors (Lipinski definition) is 0. The maximum absolute atomic E-state index is 13.7. The number of nitrogens with zero attached hydrogens (tertiary/aromatic N) is 5. The fraction of sp³-hybridized carbons (Fsp3) is 0.130. The number of pyridine rings is 2. The van der Waals surface area contributed by atoms with E-state index in [0.717, 1.165) is 22.0 Å². The summed E-state index contributed by atoms with van der Waals surface area (Å²) in [4.78, 5) is 18.3. The van der Waals surface area contributed by atoms with Crippen molar-refractivity contribution in [1.82, 2.24) is 24.5 Å². The molecule has 2 aromatic carbocycles. The van der Waals surface area contributed by atoms with Crippen LogP contribution in [0.15, 0.2) is 65.5 Å². The highest BCUT2D eigenvalue weighted by molar-refractivity contribution is 6.30. The second-order valence-electron chi connectivity index (χ2n) is 7.09. The number of benzene rings is 2. The van der Waals surface area contributed by atoms with Gasteiger partial charge in [-0.05, 0) is 61.0 Å². The van der Waals surface area contributed by atoms with E-state index in [-0.39, 0.29) is 5.56 Å². The largest absolute Gasteiger partial charge is 0.478 e. The van der Waals surface area contributed by atoms with Crippen LogP contribution in [0, 0.1) is 0 Å². The van der Waals surface area contributed by atoms with Crippen molar-refractivity contribution in [2.24, 2.45) is 7.05 Å². The molecule has 0 aliphatic carbocycles. The molecular weight excluding hydrogens is 414 g/mol. The van der Waals surface area contributed by atoms with Crippen LogP contribution in [0.1, 0.15) is 6.92 Å². The van der Waals surface area contributed by atoms with Gasteiger partial charge in [0.15, 0.2) is 5.65 Å². The van der Waals surface area contributed by atoms with E-state index in [1.807, 2.05) is 44.3 Å². The van der Waals surface area contributed by atoms with Gasteiger partial charge in [-0.25, -0.2) is 4.68 Å². The molecule has 0 N–H and O–H groups in total. The first kappa shape index (κ1) is 19.3. The Morgan fingerprint density at radius 1 is 1.03 bits per heavy atom. The van der Waals surface area contributed by atoms with Crippen molar-refractivity contribution in [3.05, 3.63) is 76.0 Å². The molecule has 8 heteroatoms. The highest BCUT2D eigenvalue weighted by Gasteiger charge is 2.16. The zero-order valence-corrected chi connectivity index (χ0v) is 17.7. The number of ether oxygens (including phenoxy) is 1. The van der Waals surface area contributed by atoms with Gasteiger partial charge in [0.25, 0.3) is 5.56 Å². The van der Waals surface area contributed by atoms with Gasteiger partial charge in [0.1, 0.15) is 5.52 Å². The molecule has 0 atom stereocenters. The molecule has 0 radical (unpaired) electrons. The fourth-order valence-corrected chi connectivity index (χ4v) is 3.76. The Kier molecular flexibility index (Phi) is 4.67. The van der Waals surface area contributed by atoms with Gasteiger partial charge in [-0.3, -0.25) is 9.36 Å². The summed E-state index contributed by atoms with van der Waals surface area (Å²) in [6.45, 7) is 2.38. The summed E-state index contributed by atoms with van der Waals surface area (Å²) < 4.78 is 8.85. The Morgan fingerprint density at radius 3 is 2.61 bits per heavy atom. The van der Waals surface area contributed by atoms with E-state index in [1.165, 1.54) is 0 Å². The highest BCUT2D eigenvalue weighted by atomic mass is 35.5. The SMILES string of the molecule is CCOc1ccc2cc(-c3ccc4nnn(C)c4c3)c(=O)n(-c3ccc(Cl)cc3)c2n1. The first-order valence-corrected chi connectivity index (χ1v) is 10.2. The van der Waals surface area contributed by atoms with Crippen molar-refractivity contribution in [3.8, 4) is 22.7 Å². The Hall–Kier alpha value is -3.71. The summed E-state index contributed by atoms with van der Waals surface area (Å²) in [6.07, 6.45) is 0. The smallest absolute Gasteiger partial charge is 0.264 e. The van der Waals surface area contributed by atoms with Crippen molar-refractivity contribution in [2.45, 2.75) is 6.92 Å². The predicted molar refractivity (Wildman–Crippen MR) is 121 cm³/mol. The Bertz CT molecular complexity index is 1490. The van der Waals surface area contributed by atoms with Crippen molar-refractivity contribution in [3.63, 3.8) is 0 Å². The number of rotatable bonds is 4. The van der Waals surface area contributed by atoms with Crippen molar-refractivity contribution >= 4 is 33.7 Å². The summed E-state index contributed by atoms with van der Waals surface area (Å²) >= 11 is 6.07. The molecule has 0 spiro atoms. The molecule has 3 heterocycles. The van der Waals surface area contributed by atoms with Crippen LogP contribution in [-0.2, 0) is 7.05 Å². The quantitative estimate of drug-likeness (QED) is 0.422. The van der Waals surface area contributed by atoms with Crippen LogP contribution in [-0.4, -0.2) is 31.2 Å². The van der Waals surface area contributed by atoms with Crippen LogP contribution in [0.5, 0.6) is 5.88 Å². The lowest BCUT2D eigenvalue weighted by molar-refractivity contribution is 0.328. The first-order chi connectivity index (χ1) is 15.0. The first-order valence-electron chi connectivity index (χ1n) is 9.80. The lowest BCUT2D eigenvalue weighted by Gasteiger charge is -2.14. The van der Waals surface area contributed by atoms with Crippen molar-refractivity contribution < 1.29 is 4.74 Å². The monoisotopic (exact) mass is 431 g/mol. The number of halogens is 1. The summed E-state index contributed by atoms with van der Waals surface area (Å²) in [5, 5.41) is 9.58. The van der Waals surface area contributed by atoms with E-state index >= 15 is 0 Å². The van der Waals surface area contributed by atoms with Gasteiger partial charge in [-0.15, -0.1) is 5.10 Å². The van der Waals surface area contributed by atoms with Crippen LogP contribution < -0.4 is 10.3 Å². The molecule has 0 saturated carbocycles. The van der Waals surface area contributed by atoms with Crippen molar-refractivity contribution in [1.29, 1.82) is 0 Å². The maximum atomic E-state index is 13.7. The third-order valence-electron chi connectivity index (χ3n) is 5.12. The number of fused-ring (bicyclic) bond motifs is 2.